The predicted octanol–water partition coefficient (Wildman–Crippen LogP) is 3.56. The summed E-state index contributed by atoms with van der Waals surface area (Å²) in [5.74, 6) is -0.858. The number of carbonyl (C=O) groups excluding carboxylic acids is 2. The number of thiophene rings is 1. The molecule has 10 heteroatoms. The number of nitrogens with one attached hydrogen (secondary N) is 2. The molecule has 3 rings (SSSR count). The molecule has 0 bridgehead atoms. The monoisotopic (exact) mass is 487 g/mol. The van der Waals surface area contributed by atoms with E-state index in [4.69, 9.17) is 9.84 Å². The van der Waals surface area contributed by atoms with E-state index in [2.05, 4.69) is 15.3 Å². The molecule has 0 atom stereocenters. The molecule has 0 aliphatic heterocycles. The summed E-state index contributed by atoms with van der Waals surface area (Å²) in [5, 5.41) is 14.4. The summed E-state index contributed by atoms with van der Waals surface area (Å²) in [6, 6.07) is 7.76. The number of ether oxygens (including phenoxy) is 1. The van der Waals surface area contributed by atoms with E-state index in [-0.39, 0.29) is 36.9 Å². The van der Waals surface area contributed by atoms with Gasteiger partial charge in [-0.1, -0.05) is 41.6 Å². The average Bonchev–Trinajstić information content (AvgIpc) is 3.19. The number of hydrogen-bond donors (Lipinski definition) is 3. The number of benzene rings is 1. The largest absolute Gasteiger partial charge is 0.462 e. The van der Waals surface area contributed by atoms with Crippen molar-refractivity contribution < 1.29 is 19.4 Å². The van der Waals surface area contributed by atoms with E-state index in [1.807, 2.05) is 36.6 Å². The number of esters is 1. The molecule has 174 valence electrons. The van der Waals surface area contributed by atoms with E-state index in [0.717, 1.165) is 22.9 Å². The summed E-state index contributed by atoms with van der Waals surface area (Å²) in [6.45, 7) is 5.47. The summed E-state index contributed by atoms with van der Waals surface area (Å²) in [5.41, 5.74) is 3.58. The van der Waals surface area contributed by atoms with Crippen LogP contribution in [0.4, 0.5) is 5.00 Å². The van der Waals surface area contributed by atoms with Crippen LogP contribution in [0.15, 0.2) is 39.6 Å². The third-order valence-electron chi connectivity index (χ3n) is 4.79. The van der Waals surface area contributed by atoms with Gasteiger partial charge in [0.2, 0.25) is 5.91 Å². The first kappa shape index (κ1) is 24.7. The molecule has 0 saturated carbocycles. The normalized spacial score (nSPS) is 10.8. The summed E-state index contributed by atoms with van der Waals surface area (Å²) in [6.07, 6.45) is 0.220. The molecule has 3 N–H and O–H groups in total. The van der Waals surface area contributed by atoms with Crippen LogP contribution in [0, 0.1) is 13.8 Å². The van der Waals surface area contributed by atoms with Crippen molar-refractivity contribution in [2.45, 2.75) is 32.3 Å². The molecule has 33 heavy (non-hydrogen) atoms. The Balaban J connectivity index is 1.77. The van der Waals surface area contributed by atoms with Crippen molar-refractivity contribution >= 4 is 40.0 Å². The van der Waals surface area contributed by atoms with Gasteiger partial charge in [0.25, 0.3) is 5.56 Å². The van der Waals surface area contributed by atoms with Crippen LogP contribution in [0.25, 0.3) is 11.1 Å². The van der Waals surface area contributed by atoms with Gasteiger partial charge in [-0.15, -0.1) is 11.3 Å². The highest BCUT2D eigenvalue weighted by Crippen LogP contribution is 2.36. The minimum absolute atomic E-state index is 0.0121. The second kappa shape index (κ2) is 11.3. The Bertz CT molecular complexity index is 1200. The number of thioether (sulfide) groups is 1. The number of aryl methyl sites for hydroxylation is 2. The predicted molar refractivity (Wildman–Crippen MR) is 130 cm³/mol. The molecule has 2 heterocycles. The Morgan fingerprint density at radius 3 is 2.61 bits per heavy atom. The van der Waals surface area contributed by atoms with Gasteiger partial charge in [-0.05, 0) is 26.3 Å². The van der Waals surface area contributed by atoms with Gasteiger partial charge < -0.3 is 20.1 Å². The molecule has 0 aliphatic carbocycles. The van der Waals surface area contributed by atoms with Crippen LogP contribution >= 0.6 is 23.1 Å². The van der Waals surface area contributed by atoms with Gasteiger partial charge in [-0.2, -0.15) is 0 Å². The summed E-state index contributed by atoms with van der Waals surface area (Å²) < 4.78 is 5.22. The minimum atomic E-state index is -0.502. The Hall–Kier alpha value is -2.95. The molecule has 0 unspecified atom stereocenters. The van der Waals surface area contributed by atoms with Crippen LogP contribution in [-0.4, -0.2) is 45.9 Å². The second-order valence-corrected chi connectivity index (χ2v) is 9.03. The third-order valence-corrected chi connectivity index (χ3v) is 6.56. The molecule has 2 aromatic heterocycles. The summed E-state index contributed by atoms with van der Waals surface area (Å²) >= 11 is 2.33. The van der Waals surface area contributed by atoms with Gasteiger partial charge in [0, 0.05) is 35.2 Å². The fourth-order valence-corrected chi connectivity index (χ4v) is 4.84. The van der Waals surface area contributed by atoms with Crippen LogP contribution < -0.4 is 10.9 Å². The Labute approximate surface area is 199 Å². The molecule has 0 fully saturated rings. The fourth-order valence-electron chi connectivity index (χ4n) is 3.16. The lowest BCUT2D eigenvalue weighted by Crippen LogP contribution is -2.20. The van der Waals surface area contributed by atoms with Crippen molar-refractivity contribution in [3.8, 4) is 11.1 Å². The number of aromatic amines is 1. The zero-order chi connectivity index (χ0) is 24.0. The topological polar surface area (TPSA) is 121 Å². The maximum absolute atomic E-state index is 12.7. The first-order valence-corrected chi connectivity index (χ1v) is 12.2. The molecule has 0 saturated heterocycles. The van der Waals surface area contributed by atoms with Crippen molar-refractivity contribution in [2.75, 3.05) is 24.3 Å². The minimum Gasteiger partial charge on any atom is -0.462 e. The quantitative estimate of drug-likeness (QED) is 0.240. The zero-order valence-corrected chi connectivity index (χ0v) is 20.2. The van der Waals surface area contributed by atoms with Gasteiger partial charge in [-0.25, -0.2) is 9.78 Å². The number of aliphatic hydroxyl groups excluding tert-OH is 1. The number of aliphatic hydroxyl groups is 1. The van der Waals surface area contributed by atoms with Crippen LogP contribution in [0.1, 0.15) is 34.1 Å². The second-order valence-electron chi connectivity index (χ2n) is 7.19. The highest BCUT2D eigenvalue weighted by Gasteiger charge is 2.23. The van der Waals surface area contributed by atoms with Gasteiger partial charge >= 0.3 is 5.97 Å². The van der Waals surface area contributed by atoms with Crippen LogP contribution in [0.3, 0.4) is 0 Å². The van der Waals surface area contributed by atoms with Crippen molar-refractivity contribution in [3.05, 3.63) is 62.4 Å². The molecule has 1 amide bonds. The number of amides is 1. The number of hydrogen-bond acceptors (Lipinski definition) is 8. The Morgan fingerprint density at radius 1 is 1.24 bits per heavy atom. The van der Waals surface area contributed by atoms with Crippen molar-refractivity contribution in [2.24, 2.45) is 0 Å². The van der Waals surface area contributed by atoms with Gasteiger partial charge in [0.15, 0.2) is 5.16 Å². The summed E-state index contributed by atoms with van der Waals surface area (Å²) in [7, 11) is 0. The molecule has 8 nitrogen and oxygen atoms in total. The van der Waals surface area contributed by atoms with E-state index in [1.165, 1.54) is 11.3 Å². The van der Waals surface area contributed by atoms with Gasteiger partial charge in [-0.3, -0.25) is 9.59 Å². The average molecular weight is 488 g/mol. The lowest BCUT2D eigenvalue weighted by Gasteiger charge is -2.09. The highest BCUT2D eigenvalue weighted by molar-refractivity contribution is 7.99. The van der Waals surface area contributed by atoms with Crippen molar-refractivity contribution in [1.29, 1.82) is 0 Å². The van der Waals surface area contributed by atoms with Crippen LogP contribution in [0.2, 0.25) is 0 Å². The smallest absolute Gasteiger partial charge is 0.341 e. The first-order chi connectivity index (χ1) is 15.8. The molecule has 1 aromatic carbocycles. The number of aromatic nitrogens is 2. The fraction of sp³-hybridized carbons (Fsp3) is 0.304. The number of rotatable bonds is 9. The maximum atomic E-state index is 12.7. The standard InChI is InChI=1S/C23H25N3O5S2/c1-4-31-22(30)19-17(15-7-5-13(2)6-8-15)11-32-21(19)25-18(28)12-33-23-24-14(3)16(9-10-27)20(29)26-23/h5-8,11,27H,4,9-10,12H2,1-3H3,(H,25,28)(H,24,26,29). The number of nitrogens with zero attached hydrogens (tertiary/aromatic N) is 1. The van der Waals surface area contributed by atoms with E-state index >= 15 is 0 Å². The van der Waals surface area contributed by atoms with Gasteiger partial charge in [0.05, 0.1) is 12.4 Å². The van der Waals surface area contributed by atoms with Crippen LogP contribution in [-0.2, 0) is 16.0 Å². The summed E-state index contributed by atoms with van der Waals surface area (Å²) in [4.78, 5) is 44.4. The van der Waals surface area contributed by atoms with Crippen molar-refractivity contribution in [3.63, 3.8) is 0 Å². The van der Waals surface area contributed by atoms with Crippen molar-refractivity contribution in [1.82, 2.24) is 9.97 Å². The SMILES string of the molecule is CCOC(=O)c1c(-c2ccc(C)cc2)csc1NC(=O)CSc1nc(C)c(CCO)c(=O)[nH]1. The molecular formula is C23H25N3O5S2. The first-order valence-electron chi connectivity index (χ1n) is 10.3. The molecule has 3 aromatic rings. The number of H-pyrrole nitrogens is 1. The zero-order valence-electron chi connectivity index (χ0n) is 18.6. The Kier molecular flexibility index (Phi) is 8.43. The molecular weight excluding hydrogens is 462 g/mol. The molecule has 0 radical (unpaired) electrons. The van der Waals surface area contributed by atoms with E-state index in [9.17, 15) is 14.4 Å². The molecule has 0 aliphatic rings. The highest BCUT2D eigenvalue weighted by atomic mass is 32.2. The third kappa shape index (κ3) is 6.10. The lowest BCUT2D eigenvalue weighted by molar-refractivity contribution is -0.113. The number of anilines is 1. The van der Waals surface area contributed by atoms with Gasteiger partial charge in [0.1, 0.15) is 10.6 Å². The Morgan fingerprint density at radius 2 is 1.97 bits per heavy atom. The maximum Gasteiger partial charge on any atom is 0.341 e. The molecule has 0 spiro atoms. The van der Waals surface area contributed by atoms with Crippen LogP contribution in [0.5, 0.6) is 0 Å². The van der Waals surface area contributed by atoms with E-state index in [0.29, 0.717) is 32.5 Å². The van der Waals surface area contributed by atoms with E-state index < -0.39 is 5.97 Å². The number of carbonyl (C=O) groups is 2. The van der Waals surface area contributed by atoms with E-state index in [1.54, 1.807) is 13.8 Å². The lowest BCUT2D eigenvalue weighted by atomic mass is 10.0.